The number of anilines is 1. The highest BCUT2D eigenvalue weighted by Crippen LogP contribution is 2.29. The Hall–Kier alpha value is -2.51. The van der Waals surface area contributed by atoms with Crippen LogP contribution in [-0.2, 0) is 11.3 Å². The van der Waals surface area contributed by atoms with Gasteiger partial charge in [-0.2, -0.15) is 4.98 Å². The van der Waals surface area contributed by atoms with Gasteiger partial charge in [-0.25, -0.2) is 0 Å². The maximum atomic E-state index is 13.0. The van der Waals surface area contributed by atoms with Crippen LogP contribution in [-0.4, -0.2) is 34.0 Å². The van der Waals surface area contributed by atoms with E-state index in [1.54, 1.807) is 0 Å². The second-order valence-corrected chi connectivity index (χ2v) is 9.67. The number of amides is 1. The van der Waals surface area contributed by atoms with Crippen LogP contribution in [0.3, 0.4) is 0 Å². The lowest BCUT2D eigenvalue weighted by Gasteiger charge is -2.30. The Kier molecular flexibility index (Phi) is 7.06. The van der Waals surface area contributed by atoms with Gasteiger partial charge in [-0.3, -0.25) is 9.69 Å². The monoisotopic (exact) mass is 496 g/mol. The zero-order chi connectivity index (χ0) is 22.7. The van der Waals surface area contributed by atoms with Gasteiger partial charge in [0.2, 0.25) is 17.6 Å². The van der Waals surface area contributed by atoms with E-state index < -0.39 is 0 Å². The molecule has 1 fully saturated rings. The van der Waals surface area contributed by atoms with Gasteiger partial charge in [0.05, 0.1) is 6.54 Å². The number of piperidine rings is 1. The van der Waals surface area contributed by atoms with Gasteiger partial charge in [0.25, 0.3) is 0 Å². The van der Waals surface area contributed by atoms with Gasteiger partial charge in [0, 0.05) is 21.6 Å². The summed E-state index contributed by atoms with van der Waals surface area (Å²) in [6.07, 6.45) is 1.64. The van der Waals surface area contributed by atoms with Crippen LogP contribution in [0.2, 0.25) is 0 Å². The maximum Gasteiger partial charge on any atom is 0.241 e. The van der Waals surface area contributed by atoms with E-state index in [0.717, 1.165) is 47.2 Å². The average molecular weight is 497 g/mol. The van der Waals surface area contributed by atoms with Crippen molar-refractivity contribution >= 4 is 27.5 Å². The third kappa shape index (κ3) is 5.27. The number of aromatic nitrogens is 2. The minimum absolute atomic E-state index is 0.0203. The molecule has 1 amide bonds. The van der Waals surface area contributed by atoms with Crippen LogP contribution in [0.5, 0.6) is 0 Å². The molecule has 0 unspecified atom stereocenters. The third-order valence-corrected chi connectivity index (χ3v) is 6.59. The lowest BCUT2D eigenvalue weighted by Crippen LogP contribution is -2.38. The number of para-hydroxylation sites is 1. The molecule has 6 nitrogen and oxygen atoms in total. The van der Waals surface area contributed by atoms with E-state index in [1.165, 1.54) is 5.56 Å². The second kappa shape index (κ2) is 9.96. The van der Waals surface area contributed by atoms with Gasteiger partial charge >= 0.3 is 0 Å². The van der Waals surface area contributed by atoms with E-state index in [4.69, 9.17) is 4.52 Å². The summed E-state index contributed by atoms with van der Waals surface area (Å²) < 4.78 is 6.47. The molecule has 1 aromatic heterocycles. The second-order valence-electron chi connectivity index (χ2n) is 8.75. The Labute approximate surface area is 197 Å². The molecule has 0 atom stereocenters. The van der Waals surface area contributed by atoms with E-state index in [9.17, 15) is 4.79 Å². The van der Waals surface area contributed by atoms with Crippen molar-refractivity contribution in [2.24, 2.45) is 5.92 Å². The van der Waals surface area contributed by atoms with Crippen LogP contribution in [0.15, 0.2) is 51.5 Å². The van der Waals surface area contributed by atoms with Crippen LogP contribution >= 0.6 is 15.9 Å². The van der Waals surface area contributed by atoms with Gasteiger partial charge in [-0.05, 0) is 74.2 Å². The van der Waals surface area contributed by atoms with E-state index in [1.807, 2.05) is 24.3 Å². The number of hydrogen-bond acceptors (Lipinski definition) is 5. The number of benzene rings is 2. The van der Waals surface area contributed by atoms with Gasteiger partial charge in [-0.1, -0.05) is 53.1 Å². The minimum atomic E-state index is 0.0203. The molecular weight excluding hydrogens is 468 g/mol. The lowest BCUT2D eigenvalue weighted by atomic mass is 9.94. The summed E-state index contributed by atoms with van der Waals surface area (Å²) in [4.78, 5) is 19.8. The Bertz CT molecular complexity index is 1070. The molecule has 168 valence electrons. The highest BCUT2D eigenvalue weighted by molar-refractivity contribution is 9.10. The van der Waals surface area contributed by atoms with Gasteiger partial charge in [0.1, 0.15) is 0 Å². The lowest BCUT2D eigenvalue weighted by molar-refractivity contribution is -0.121. The molecule has 1 aliphatic rings. The predicted molar refractivity (Wildman–Crippen MR) is 129 cm³/mol. The first-order valence-corrected chi connectivity index (χ1v) is 11.9. The molecule has 0 bridgehead atoms. The van der Waals surface area contributed by atoms with Crippen molar-refractivity contribution < 1.29 is 9.32 Å². The Morgan fingerprint density at radius 2 is 1.91 bits per heavy atom. The van der Waals surface area contributed by atoms with Crippen LogP contribution in [0.1, 0.15) is 49.6 Å². The van der Waals surface area contributed by atoms with Crippen LogP contribution in [0, 0.1) is 12.8 Å². The summed E-state index contributed by atoms with van der Waals surface area (Å²) in [5.74, 6) is 1.71. The molecule has 2 heterocycles. The van der Waals surface area contributed by atoms with Crippen molar-refractivity contribution in [1.29, 1.82) is 0 Å². The molecule has 1 saturated heterocycles. The number of nitrogens with zero attached hydrogens (tertiary/aromatic N) is 3. The molecular formula is C25H29BrN4O2. The Morgan fingerprint density at radius 1 is 1.19 bits per heavy atom. The van der Waals surface area contributed by atoms with Crippen molar-refractivity contribution in [3.05, 3.63) is 64.0 Å². The molecule has 1 aliphatic heterocycles. The SMILES string of the molecule is Cc1cccc(C(C)C)c1NC(=O)C1CCN(Cc2nc(-c3ccc(Br)cc3)no2)CC1. The van der Waals surface area contributed by atoms with Gasteiger partial charge < -0.3 is 9.84 Å². The highest BCUT2D eigenvalue weighted by atomic mass is 79.9. The fraction of sp³-hybridized carbons (Fsp3) is 0.400. The first-order valence-electron chi connectivity index (χ1n) is 11.1. The van der Waals surface area contributed by atoms with Gasteiger partial charge in [0.15, 0.2) is 0 Å². The van der Waals surface area contributed by atoms with Crippen molar-refractivity contribution in [3.8, 4) is 11.4 Å². The Morgan fingerprint density at radius 3 is 2.59 bits per heavy atom. The molecule has 0 saturated carbocycles. The van der Waals surface area contributed by atoms with Crippen molar-refractivity contribution in [3.63, 3.8) is 0 Å². The summed E-state index contributed by atoms with van der Waals surface area (Å²) in [7, 11) is 0. The number of aryl methyl sites for hydroxylation is 1. The van der Waals surface area contributed by atoms with E-state index in [-0.39, 0.29) is 11.8 Å². The predicted octanol–water partition coefficient (Wildman–Crippen LogP) is 5.78. The Balaban J connectivity index is 1.32. The van der Waals surface area contributed by atoms with Crippen molar-refractivity contribution in [1.82, 2.24) is 15.0 Å². The van der Waals surface area contributed by atoms with Crippen LogP contribution in [0.4, 0.5) is 5.69 Å². The maximum absolute atomic E-state index is 13.0. The molecule has 3 aromatic rings. The largest absolute Gasteiger partial charge is 0.338 e. The van der Waals surface area contributed by atoms with Crippen LogP contribution in [0.25, 0.3) is 11.4 Å². The molecule has 0 spiro atoms. The number of hydrogen-bond donors (Lipinski definition) is 1. The topological polar surface area (TPSA) is 71.3 Å². The zero-order valence-corrected chi connectivity index (χ0v) is 20.4. The quantitative estimate of drug-likeness (QED) is 0.468. The number of carbonyl (C=O) groups excluding carboxylic acids is 1. The molecule has 0 radical (unpaired) electrons. The molecule has 7 heteroatoms. The average Bonchev–Trinajstić information content (AvgIpc) is 3.24. The normalized spacial score (nSPS) is 15.3. The summed E-state index contributed by atoms with van der Waals surface area (Å²) in [5.41, 5.74) is 4.20. The first kappa shape index (κ1) is 22.7. The zero-order valence-electron chi connectivity index (χ0n) is 18.8. The molecule has 2 aromatic carbocycles. The van der Waals surface area contributed by atoms with E-state index in [2.05, 4.69) is 75.3 Å². The fourth-order valence-corrected chi connectivity index (χ4v) is 4.41. The highest BCUT2D eigenvalue weighted by Gasteiger charge is 2.27. The smallest absolute Gasteiger partial charge is 0.241 e. The summed E-state index contributed by atoms with van der Waals surface area (Å²) in [5, 5.41) is 7.33. The minimum Gasteiger partial charge on any atom is -0.338 e. The van der Waals surface area contributed by atoms with E-state index >= 15 is 0 Å². The van der Waals surface area contributed by atoms with E-state index in [0.29, 0.717) is 24.2 Å². The number of rotatable bonds is 6. The number of likely N-dealkylation sites (tertiary alicyclic amines) is 1. The summed E-state index contributed by atoms with van der Waals surface area (Å²) in [6.45, 7) is 8.63. The van der Waals surface area contributed by atoms with Crippen molar-refractivity contribution in [2.45, 2.75) is 46.1 Å². The van der Waals surface area contributed by atoms with Crippen LogP contribution < -0.4 is 5.32 Å². The van der Waals surface area contributed by atoms with Gasteiger partial charge in [-0.15, -0.1) is 0 Å². The summed E-state index contributed by atoms with van der Waals surface area (Å²) in [6, 6.07) is 14.0. The standard InChI is InChI=1S/C25H29BrN4O2/c1-16(2)21-6-4-5-17(3)23(21)28-25(31)19-11-13-30(14-12-19)15-22-27-24(29-32-22)18-7-9-20(26)10-8-18/h4-10,16,19H,11-15H2,1-3H3,(H,28,31). The molecule has 0 aliphatic carbocycles. The number of carbonyl (C=O) groups is 1. The fourth-order valence-electron chi connectivity index (χ4n) is 4.15. The summed E-state index contributed by atoms with van der Waals surface area (Å²) >= 11 is 3.44. The number of halogens is 1. The third-order valence-electron chi connectivity index (χ3n) is 6.06. The molecule has 4 rings (SSSR count). The van der Waals surface area contributed by atoms with Crippen molar-refractivity contribution in [2.75, 3.05) is 18.4 Å². The first-order chi connectivity index (χ1) is 15.4. The molecule has 1 N–H and O–H groups in total. The number of nitrogens with one attached hydrogen (secondary N) is 1. The molecule has 32 heavy (non-hydrogen) atoms.